The highest BCUT2D eigenvalue weighted by Crippen LogP contribution is 2.36. The van der Waals surface area contributed by atoms with Gasteiger partial charge in [-0.3, -0.25) is 0 Å². The van der Waals surface area contributed by atoms with Gasteiger partial charge in [-0.1, -0.05) is 45.2 Å². The molecule has 166 valence electrons. The minimum absolute atomic E-state index is 0.0355. The molecule has 6 nitrogen and oxygen atoms in total. The Morgan fingerprint density at radius 3 is 2.58 bits per heavy atom. The third-order valence-electron chi connectivity index (χ3n) is 4.79. The van der Waals surface area contributed by atoms with Gasteiger partial charge in [0, 0.05) is 22.1 Å². The van der Waals surface area contributed by atoms with Crippen molar-refractivity contribution in [1.29, 1.82) is 0 Å². The fourth-order valence-corrected chi connectivity index (χ4v) is 4.23. The first-order valence-electron chi connectivity index (χ1n) is 9.14. The van der Waals surface area contributed by atoms with Gasteiger partial charge in [0.15, 0.2) is 11.5 Å². The molecule has 0 bridgehead atoms. The molecule has 3 aromatic heterocycles. The quantitative estimate of drug-likeness (QED) is 0.227. The highest BCUT2D eigenvalue weighted by atomic mass is 79.9. The van der Waals surface area contributed by atoms with Gasteiger partial charge in [0.05, 0.1) is 15.4 Å². The molecule has 2 aromatic carbocycles. The average Bonchev–Trinajstić information content (AvgIpc) is 3.20. The highest BCUT2D eigenvalue weighted by Gasteiger charge is 2.36. The lowest BCUT2D eigenvalue weighted by atomic mass is 10.1. The number of halogens is 6. The van der Waals surface area contributed by atoms with E-state index in [9.17, 15) is 18.0 Å². The summed E-state index contributed by atoms with van der Waals surface area (Å²) in [5.41, 5.74) is -2.26. The van der Waals surface area contributed by atoms with Crippen molar-refractivity contribution in [2.75, 3.05) is 0 Å². The molecule has 5 aromatic rings. The van der Waals surface area contributed by atoms with Crippen molar-refractivity contribution in [2.45, 2.75) is 6.18 Å². The van der Waals surface area contributed by atoms with E-state index in [1.807, 2.05) is 0 Å². The topological polar surface area (TPSA) is 73.8 Å². The summed E-state index contributed by atoms with van der Waals surface area (Å²) in [5.74, 6) is -0.515. The second-order valence-electron chi connectivity index (χ2n) is 6.89. The van der Waals surface area contributed by atoms with Crippen LogP contribution in [0.2, 0.25) is 10.0 Å². The van der Waals surface area contributed by atoms with Crippen molar-refractivity contribution < 1.29 is 17.6 Å². The Morgan fingerprint density at radius 2 is 1.85 bits per heavy atom. The Labute approximate surface area is 200 Å². The van der Waals surface area contributed by atoms with Crippen molar-refractivity contribution in [3.05, 3.63) is 79.3 Å². The minimum atomic E-state index is -4.78. The Morgan fingerprint density at radius 1 is 1.06 bits per heavy atom. The smallest absolute Gasteiger partial charge is 0.401 e. The maximum atomic E-state index is 13.4. The molecular formula is C21H8BrCl2F3N4O2. The molecule has 0 aliphatic heterocycles. The summed E-state index contributed by atoms with van der Waals surface area (Å²) < 4.78 is 47.3. The molecule has 0 N–H and O–H groups in total. The molecule has 5 rings (SSSR count). The zero-order valence-corrected chi connectivity index (χ0v) is 19.1. The molecule has 0 atom stereocenters. The predicted molar refractivity (Wildman–Crippen MR) is 121 cm³/mol. The van der Waals surface area contributed by atoms with Crippen molar-refractivity contribution in [3.63, 3.8) is 0 Å². The molecule has 0 radical (unpaired) electrons. The lowest BCUT2D eigenvalue weighted by molar-refractivity contribution is -0.141. The molecule has 0 fully saturated rings. The van der Waals surface area contributed by atoms with E-state index in [2.05, 4.69) is 31.0 Å². The molecule has 0 amide bonds. The van der Waals surface area contributed by atoms with Crippen LogP contribution in [0.3, 0.4) is 0 Å². The minimum Gasteiger partial charge on any atom is -0.401 e. The number of nitrogens with zero attached hydrogens (tertiary/aromatic N) is 4. The fourth-order valence-electron chi connectivity index (χ4n) is 3.33. The Bertz CT molecular complexity index is 1630. The first-order valence-corrected chi connectivity index (χ1v) is 10.7. The number of pyridine rings is 1. The van der Waals surface area contributed by atoms with Crippen LogP contribution in [0.25, 0.3) is 39.1 Å². The number of fused-ring (bicyclic) bond motifs is 2. The molecule has 0 aliphatic carbocycles. The molecule has 12 heteroatoms. The van der Waals surface area contributed by atoms with Crippen LogP contribution in [0.15, 0.2) is 62.3 Å². The van der Waals surface area contributed by atoms with Crippen LogP contribution >= 0.6 is 39.1 Å². The normalized spacial score (nSPS) is 12.1. The van der Waals surface area contributed by atoms with E-state index in [1.54, 1.807) is 24.3 Å². The van der Waals surface area contributed by atoms with Gasteiger partial charge in [-0.05, 0) is 35.7 Å². The number of hydrogen-bond donors (Lipinski definition) is 0. The second-order valence-corrected chi connectivity index (χ2v) is 8.59. The van der Waals surface area contributed by atoms with Gasteiger partial charge in [0.2, 0.25) is 5.89 Å². The molecular weight excluding hydrogens is 548 g/mol. The monoisotopic (exact) mass is 554 g/mol. The Hall–Kier alpha value is -2.95. The summed E-state index contributed by atoms with van der Waals surface area (Å²) in [6.07, 6.45) is -3.44. The average molecular weight is 556 g/mol. The lowest BCUT2D eigenvalue weighted by Crippen LogP contribution is -2.09. The molecule has 0 spiro atoms. The second kappa shape index (κ2) is 7.82. The zero-order valence-electron chi connectivity index (χ0n) is 16.0. The van der Waals surface area contributed by atoms with E-state index < -0.39 is 23.4 Å². The van der Waals surface area contributed by atoms with Crippen molar-refractivity contribution in [1.82, 2.24) is 19.7 Å². The van der Waals surface area contributed by atoms with Crippen LogP contribution in [0.1, 0.15) is 5.69 Å². The largest absolute Gasteiger partial charge is 0.435 e. The van der Waals surface area contributed by atoms with Gasteiger partial charge in [-0.15, -0.1) is 0 Å². The lowest BCUT2D eigenvalue weighted by Gasteiger charge is -2.09. The Balaban J connectivity index is 1.82. The van der Waals surface area contributed by atoms with Gasteiger partial charge >= 0.3 is 11.8 Å². The summed E-state index contributed by atoms with van der Waals surface area (Å²) in [5, 5.41) is 5.12. The van der Waals surface area contributed by atoms with E-state index in [1.165, 1.54) is 18.3 Å². The van der Waals surface area contributed by atoms with E-state index >= 15 is 0 Å². The van der Waals surface area contributed by atoms with Gasteiger partial charge < -0.3 is 4.42 Å². The first-order chi connectivity index (χ1) is 15.6. The van der Waals surface area contributed by atoms with Crippen LogP contribution < -0.4 is 5.63 Å². The van der Waals surface area contributed by atoms with Crippen LogP contribution in [0.4, 0.5) is 13.2 Å². The first kappa shape index (κ1) is 21.9. The molecule has 0 saturated heterocycles. The molecule has 3 heterocycles. The number of aromatic nitrogens is 4. The summed E-state index contributed by atoms with van der Waals surface area (Å²) in [6.45, 7) is 0. The SMILES string of the molecule is O=c1oc(-c2cc(C(F)(F)F)nn2-c2ncccc2Cl)nc2c(Cl)c3ccc(Br)cc3cc12. The van der Waals surface area contributed by atoms with E-state index in [-0.39, 0.29) is 32.5 Å². The van der Waals surface area contributed by atoms with Gasteiger partial charge in [-0.25, -0.2) is 19.4 Å². The fraction of sp³-hybridized carbons (Fsp3) is 0.0476. The van der Waals surface area contributed by atoms with E-state index in [4.69, 9.17) is 27.6 Å². The van der Waals surface area contributed by atoms with E-state index in [0.29, 0.717) is 16.8 Å². The van der Waals surface area contributed by atoms with Gasteiger partial charge in [-0.2, -0.15) is 18.3 Å². The standard InChI is InChI=1S/C21H8BrCl2F3N4O2/c22-10-3-4-11-9(6-10)7-12-17(16(11)24)29-19(33-20(12)32)14-8-15(21(25,26)27)30-31(14)18-13(23)2-1-5-28-18/h1-8H. The number of alkyl halides is 3. The maximum Gasteiger partial charge on any atom is 0.435 e. The van der Waals surface area contributed by atoms with Crippen molar-refractivity contribution in [3.8, 4) is 17.4 Å². The zero-order chi connectivity index (χ0) is 23.5. The van der Waals surface area contributed by atoms with Crippen molar-refractivity contribution >= 4 is 60.8 Å². The number of rotatable bonds is 2. The summed E-state index contributed by atoms with van der Waals surface area (Å²) >= 11 is 16.0. The third-order valence-corrected chi connectivity index (χ3v) is 5.97. The predicted octanol–water partition coefficient (Wildman–Crippen LogP) is 6.68. The van der Waals surface area contributed by atoms with Gasteiger partial charge in [0.1, 0.15) is 11.2 Å². The van der Waals surface area contributed by atoms with Crippen LogP contribution in [0.5, 0.6) is 0 Å². The number of benzene rings is 2. The highest BCUT2D eigenvalue weighted by molar-refractivity contribution is 9.10. The molecule has 0 aliphatic rings. The number of hydrogen-bond acceptors (Lipinski definition) is 5. The third kappa shape index (κ3) is 3.77. The molecule has 0 unspecified atom stereocenters. The summed E-state index contributed by atoms with van der Waals surface area (Å²) in [6, 6.07) is 10.5. The van der Waals surface area contributed by atoms with Crippen LogP contribution in [-0.4, -0.2) is 19.7 Å². The Kier molecular flexibility index (Phi) is 5.19. The van der Waals surface area contributed by atoms with Gasteiger partial charge in [0.25, 0.3) is 0 Å². The van der Waals surface area contributed by atoms with Crippen LogP contribution in [-0.2, 0) is 6.18 Å². The molecule has 33 heavy (non-hydrogen) atoms. The molecule has 0 saturated carbocycles. The summed E-state index contributed by atoms with van der Waals surface area (Å²) in [4.78, 5) is 21.1. The van der Waals surface area contributed by atoms with E-state index in [0.717, 1.165) is 9.15 Å². The maximum absolute atomic E-state index is 13.4. The van der Waals surface area contributed by atoms with Crippen LogP contribution in [0, 0.1) is 0 Å². The van der Waals surface area contributed by atoms with Crippen molar-refractivity contribution in [2.24, 2.45) is 0 Å². The summed E-state index contributed by atoms with van der Waals surface area (Å²) in [7, 11) is 0.